The number of non-ortho nitro benzene ring substituents is 1. The van der Waals surface area contributed by atoms with E-state index in [9.17, 15) is 25.0 Å². The van der Waals surface area contributed by atoms with Gasteiger partial charge in [0.1, 0.15) is 0 Å². The van der Waals surface area contributed by atoms with Crippen LogP contribution in [0.15, 0.2) is 65.3 Å². The summed E-state index contributed by atoms with van der Waals surface area (Å²) in [5.74, 6) is -0.685. The Bertz CT molecular complexity index is 1070. The molecule has 0 saturated carbocycles. The number of cyclic esters (lactones) is 1. The summed E-state index contributed by atoms with van der Waals surface area (Å²) in [5, 5.41) is 21.7. The summed E-state index contributed by atoms with van der Waals surface area (Å²) in [7, 11) is 0. The lowest BCUT2D eigenvalue weighted by Crippen LogP contribution is -2.06. The van der Waals surface area contributed by atoms with Crippen molar-refractivity contribution in [1.29, 1.82) is 0 Å². The quantitative estimate of drug-likeness (QED) is 0.337. The SMILES string of the molecule is Cc1ccc(C2=N/C(=C\C=C\c3ccc([N+](=O)[O-])cc3)C(=O)O2)cc1[N+](=O)[O-]. The van der Waals surface area contributed by atoms with Gasteiger partial charge in [0.2, 0.25) is 5.90 Å². The van der Waals surface area contributed by atoms with Gasteiger partial charge in [0.05, 0.1) is 9.85 Å². The number of carbonyl (C=O) groups excluding carboxylic acids is 1. The molecule has 0 aromatic heterocycles. The van der Waals surface area contributed by atoms with Gasteiger partial charge in [-0.3, -0.25) is 20.2 Å². The molecule has 2 aromatic rings. The van der Waals surface area contributed by atoms with Gasteiger partial charge < -0.3 is 4.74 Å². The molecule has 0 radical (unpaired) electrons. The molecule has 2 aromatic carbocycles. The Kier molecular flexibility index (Phi) is 5.07. The second kappa shape index (κ2) is 7.62. The van der Waals surface area contributed by atoms with Gasteiger partial charge in [-0.15, -0.1) is 0 Å². The molecule has 0 spiro atoms. The molecule has 9 nitrogen and oxygen atoms in total. The molecule has 0 bridgehead atoms. The number of nitro benzene ring substituents is 2. The van der Waals surface area contributed by atoms with E-state index in [4.69, 9.17) is 4.74 Å². The molecule has 3 rings (SSSR count). The number of nitro groups is 2. The van der Waals surface area contributed by atoms with E-state index in [1.54, 1.807) is 43.3 Å². The van der Waals surface area contributed by atoms with Crippen LogP contribution in [0.4, 0.5) is 11.4 Å². The topological polar surface area (TPSA) is 125 Å². The Hall–Kier alpha value is -4.14. The van der Waals surface area contributed by atoms with Crippen molar-refractivity contribution in [3.8, 4) is 0 Å². The number of carbonyl (C=O) groups is 1. The van der Waals surface area contributed by atoms with E-state index in [2.05, 4.69) is 4.99 Å². The molecule has 1 heterocycles. The van der Waals surface area contributed by atoms with Crippen molar-refractivity contribution < 1.29 is 19.4 Å². The van der Waals surface area contributed by atoms with Crippen molar-refractivity contribution in [2.24, 2.45) is 4.99 Å². The average Bonchev–Trinajstić information content (AvgIpc) is 3.03. The molecule has 1 aliphatic heterocycles. The number of allylic oxidation sites excluding steroid dienone is 2. The monoisotopic (exact) mass is 379 g/mol. The van der Waals surface area contributed by atoms with Gasteiger partial charge >= 0.3 is 5.97 Å². The Morgan fingerprint density at radius 3 is 2.39 bits per heavy atom. The van der Waals surface area contributed by atoms with Crippen LogP contribution in [-0.4, -0.2) is 21.7 Å². The average molecular weight is 379 g/mol. The standard InChI is InChI=1S/C19H13N3O6/c1-12-5-8-14(11-17(12)22(26)27)18-20-16(19(23)28-18)4-2-3-13-6-9-15(10-7-13)21(24)25/h2-11H,1H3/b3-2+,16-4-. The second-order valence-electron chi connectivity index (χ2n) is 5.82. The fourth-order valence-electron chi connectivity index (χ4n) is 2.44. The molecule has 9 heteroatoms. The zero-order chi connectivity index (χ0) is 20.3. The van der Waals surface area contributed by atoms with Crippen molar-refractivity contribution in [1.82, 2.24) is 0 Å². The Labute approximate surface area is 158 Å². The highest BCUT2D eigenvalue weighted by atomic mass is 16.6. The largest absolute Gasteiger partial charge is 0.402 e. The van der Waals surface area contributed by atoms with E-state index in [1.807, 2.05) is 0 Å². The van der Waals surface area contributed by atoms with Crippen LogP contribution in [0.2, 0.25) is 0 Å². The van der Waals surface area contributed by atoms with Crippen molar-refractivity contribution in [3.05, 3.63) is 97.2 Å². The lowest BCUT2D eigenvalue weighted by atomic mass is 10.1. The zero-order valence-electron chi connectivity index (χ0n) is 14.6. The first-order valence-electron chi connectivity index (χ1n) is 8.04. The second-order valence-corrected chi connectivity index (χ2v) is 5.82. The van der Waals surface area contributed by atoms with Crippen LogP contribution in [0.5, 0.6) is 0 Å². The van der Waals surface area contributed by atoms with Crippen LogP contribution in [-0.2, 0) is 9.53 Å². The normalized spacial score (nSPS) is 15.0. The molecule has 1 aliphatic rings. The van der Waals surface area contributed by atoms with Gasteiger partial charge in [-0.2, -0.15) is 0 Å². The summed E-state index contributed by atoms with van der Waals surface area (Å²) in [6, 6.07) is 10.3. The van der Waals surface area contributed by atoms with Crippen molar-refractivity contribution in [3.63, 3.8) is 0 Å². The van der Waals surface area contributed by atoms with Crippen molar-refractivity contribution in [2.75, 3.05) is 0 Å². The molecule has 0 saturated heterocycles. The number of aliphatic imine (C=N–C) groups is 1. The van der Waals surface area contributed by atoms with E-state index >= 15 is 0 Å². The van der Waals surface area contributed by atoms with Crippen LogP contribution in [0.1, 0.15) is 16.7 Å². The smallest absolute Gasteiger partial charge is 0.363 e. The molecule has 28 heavy (non-hydrogen) atoms. The highest BCUT2D eigenvalue weighted by molar-refractivity contribution is 6.11. The molecule has 0 fully saturated rings. The van der Waals surface area contributed by atoms with Crippen LogP contribution in [0.3, 0.4) is 0 Å². The van der Waals surface area contributed by atoms with E-state index in [0.717, 1.165) is 0 Å². The number of benzene rings is 2. The van der Waals surface area contributed by atoms with Gasteiger partial charge in [-0.1, -0.05) is 18.2 Å². The van der Waals surface area contributed by atoms with Gasteiger partial charge in [0.15, 0.2) is 5.70 Å². The van der Waals surface area contributed by atoms with E-state index < -0.39 is 15.8 Å². The van der Waals surface area contributed by atoms with Crippen molar-refractivity contribution >= 4 is 29.3 Å². The maximum Gasteiger partial charge on any atom is 0.363 e. The first-order chi connectivity index (χ1) is 13.3. The summed E-state index contributed by atoms with van der Waals surface area (Å²) in [4.78, 5) is 36.7. The van der Waals surface area contributed by atoms with Gasteiger partial charge in [-0.25, -0.2) is 9.79 Å². The third kappa shape index (κ3) is 3.98. The molecule has 0 atom stereocenters. The summed E-state index contributed by atoms with van der Waals surface area (Å²) in [6.45, 7) is 1.61. The maximum atomic E-state index is 12.0. The molecule has 0 N–H and O–H groups in total. The lowest BCUT2D eigenvalue weighted by molar-refractivity contribution is -0.385. The molecular formula is C19H13N3O6. The van der Waals surface area contributed by atoms with Crippen LogP contribution >= 0.6 is 0 Å². The maximum absolute atomic E-state index is 12.0. The van der Waals surface area contributed by atoms with Crippen LogP contribution in [0, 0.1) is 27.2 Å². The van der Waals surface area contributed by atoms with Gasteiger partial charge in [0, 0.05) is 29.3 Å². The van der Waals surface area contributed by atoms with E-state index in [0.29, 0.717) is 16.7 Å². The minimum Gasteiger partial charge on any atom is -0.402 e. The number of ether oxygens (including phenoxy) is 1. The highest BCUT2D eigenvalue weighted by Crippen LogP contribution is 2.23. The number of rotatable bonds is 5. The fourth-order valence-corrected chi connectivity index (χ4v) is 2.44. The van der Waals surface area contributed by atoms with E-state index in [-0.39, 0.29) is 23.0 Å². The molecule has 0 amide bonds. The summed E-state index contributed by atoms with van der Waals surface area (Å²) >= 11 is 0. The fraction of sp³-hybridized carbons (Fsp3) is 0.0526. The first kappa shape index (κ1) is 18.6. The molecule has 140 valence electrons. The molecule has 0 aliphatic carbocycles. The first-order valence-corrected chi connectivity index (χ1v) is 8.04. The summed E-state index contributed by atoms with van der Waals surface area (Å²) in [5.41, 5.74) is 1.44. The lowest BCUT2D eigenvalue weighted by Gasteiger charge is -2.01. The van der Waals surface area contributed by atoms with Gasteiger partial charge in [0.25, 0.3) is 11.4 Å². The number of hydrogen-bond acceptors (Lipinski definition) is 7. The van der Waals surface area contributed by atoms with Crippen LogP contribution < -0.4 is 0 Å². The predicted molar refractivity (Wildman–Crippen MR) is 101 cm³/mol. The minimum absolute atomic E-state index is 0.0110. The summed E-state index contributed by atoms with van der Waals surface area (Å²) in [6.07, 6.45) is 4.63. The number of aryl methyl sites for hydroxylation is 1. The van der Waals surface area contributed by atoms with Crippen molar-refractivity contribution in [2.45, 2.75) is 6.92 Å². The van der Waals surface area contributed by atoms with Crippen LogP contribution in [0.25, 0.3) is 6.08 Å². The number of esters is 1. The Balaban J connectivity index is 1.80. The predicted octanol–water partition coefficient (Wildman–Crippen LogP) is 3.71. The van der Waals surface area contributed by atoms with E-state index in [1.165, 1.54) is 24.3 Å². The van der Waals surface area contributed by atoms with Gasteiger partial charge in [-0.05, 0) is 36.8 Å². The Morgan fingerprint density at radius 2 is 1.75 bits per heavy atom. The molecular weight excluding hydrogens is 366 g/mol. The summed E-state index contributed by atoms with van der Waals surface area (Å²) < 4.78 is 5.09. The third-order valence-corrected chi connectivity index (χ3v) is 3.92. The third-order valence-electron chi connectivity index (χ3n) is 3.92. The number of hydrogen-bond donors (Lipinski definition) is 0. The zero-order valence-corrected chi connectivity index (χ0v) is 14.6. The number of nitrogens with zero attached hydrogens (tertiary/aromatic N) is 3. The Morgan fingerprint density at radius 1 is 1.04 bits per heavy atom. The highest BCUT2D eigenvalue weighted by Gasteiger charge is 2.25. The minimum atomic E-state index is -0.674. The molecule has 0 unspecified atom stereocenters.